The molecule has 1 fully saturated rings. The largest absolute Gasteiger partial charge is 0.497 e. The molecule has 0 radical (unpaired) electrons. The van der Waals surface area contributed by atoms with E-state index in [-0.39, 0.29) is 0 Å². The van der Waals surface area contributed by atoms with Gasteiger partial charge in [0.25, 0.3) is 0 Å². The van der Waals surface area contributed by atoms with Gasteiger partial charge < -0.3 is 15.8 Å². The number of ether oxygens (including phenoxy) is 1. The van der Waals surface area contributed by atoms with E-state index in [1.165, 1.54) is 44.0 Å². The number of fused-ring (bicyclic) bond motifs is 4. The maximum absolute atomic E-state index is 5.30. The molecule has 108 valence electrons. The summed E-state index contributed by atoms with van der Waals surface area (Å²) < 4.78 is 5.30. The normalized spacial score (nSPS) is 23.0. The lowest BCUT2D eigenvalue weighted by atomic mass is 9.76. The summed E-state index contributed by atoms with van der Waals surface area (Å²) >= 11 is 0. The molecular formula is C16H28N2O. The molecule has 1 aliphatic heterocycles. The second-order valence-corrected chi connectivity index (χ2v) is 4.64. The molecule has 1 aromatic rings. The van der Waals surface area contributed by atoms with E-state index < -0.39 is 0 Å². The molecule has 1 saturated heterocycles. The molecule has 2 unspecified atom stereocenters. The third kappa shape index (κ3) is 3.71. The second-order valence-electron chi connectivity index (χ2n) is 4.64. The Hall–Kier alpha value is -1.06. The van der Waals surface area contributed by atoms with Crippen molar-refractivity contribution in [3.8, 4) is 5.75 Å². The fourth-order valence-electron chi connectivity index (χ4n) is 2.98. The van der Waals surface area contributed by atoms with Crippen LogP contribution in [0.4, 0.5) is 0 Å². The van der Waals surface area contributed by atoms with E-state index in [1.54, 1.807) is 7.11 Å². The van der Waals surface area contributed by atoms with Crippen LogP contribution in [0.1, 0.15) is 43.7 Å². The number of nitrogens with one attached hydrogen (secondary N) is 1. The van der Waals surface area contributed by atoms with Crippen LogP contribution >= 0.6 is 0 Å². The van der Waals surface area contributed by atoms with E-state index in [1.807, 2.05) is 13.8 Å². The second kappa shape index (κ2) is 8.18. The molecule has 19 heavy (non-hydrogen) atoms. The molecule has 3 heteroatoms. The summed E-state index contributed by atoms with van der Waals surface area (Å²) in [5.74, 6) is 1.76. The Kier molecular flexibility index (Phi) is 6.89. The summed E-state index contributed by atoms with van der Waals surface area (Å²) in [6, 6.07) is 7.27. The number of nitrogens with two attached hydrogens (primary N) is 1. The third-order valence-electron chi connectivity index (χ3n) is 3.75. The zero-order chi connectivity index (χ0) is 14.3. The molecule has 1 aromatic carbocycles. The molecule has 3 rings (SSSR count). The molecular weight excluding hydrogens is 236 g/mol. The van der Waals surface area contributed by atoms with Crippen LogP contribution in [-0.4, -0.2) is 26.7 Å². The number of methoxy groups -OCH3 is 1. The summed E-state index contributed by atoms with van der Waals surface area (Å²) in [5, 5.41) is 3.59. The van der Waals surface area contributed by atoms with Gasteiger partial charge in [-0.1, -0.05) is 19.9 Å². The highest BCUT2D eigenvalue weighted by Gasteiger charge is 2.29. The van der Waals surface area contributed by atoms with Crippen molar-refractivity contribution in [1.82, 2.24) is 5.32 Å². The van der Waals surface area contributed by atoms with E-state index in [4.69, 9.17) is 4.74 Å². The third-order valence-corrected chi connectivity index (χ3v) is 3.75. The van der Waals surface area contributed by atoms with Crippen LogP contribution < -0.4 is 15.8 Å². The first-order chi connectivity index (χ1) is 9.36. The monoisotopic (exact) mass is 264 g/mol. The van der Waals surface area contributed by atoms with Gasteiger partial charge in [-0.2, -0.15) is 0 Å². The van der Waals surface area contributed by atoms with Gasteiger partial charge in [-0.15, -0.1) is 0 Å². The van der Waals surface area contributed by atoms with Gasteiger partial charge in [-0.25, -0.2) is 0 Å². The Labute approximate surface area is 117 Å². The molecule has 0 spiro atoms. The Morgan fingerprint density at radius 2 is 2.00 bits per heavy atom. The summed E-state index contributed by atoms with van der Waals surface area (Å²) in [6.45, 7) is 5.17. The van der Waals surface area contributed by atoms with Gasteiger partial charge in [0.15, 0.2) is 0 Å². The number of benzene rings is 1. The van der Waals surface area contributed by atoms with Crippen molar-refractivity contribution in [2.75, 3.05) is 20.7 Å². The van der Waals surface area contributed by atoms with Crippen LogP contribution in [0.5, 0.6) is 5.75 Å². The summed E-state index contributed by atoms with van der Waals surface area (Å²) in [6.07, 6.45) is 3.77. The quantitative estimate of drug-likeness (QED) is 0.820. The predicted octanol–water partition coefficient (Wildman–Crippen LogP) is 2.69. The van der Waals surface area contributed by atoms with Crippen molar-refractivity contribution in [2.45, 2.75) is 45.1 Å². The van der Waals surface area contributed by atoms with Gasteiger partial charge in [0.05, 0.1) is 7.11 Å². The molecule has 0 aromatic heterocycles. The van der Waals surface area contributed by atoms with Crippen molar-refractivity contribution in [3.63, 3.8) is 0 Å². The molecule has 3 N–H and O–H groups in total. The van der Waals surface area contributed by atoms with E-state index in [9.17, 15) is 0 Å². The van der Waals surface area contributed by atoms with Gasteiger partial charge in [-0.05, 0) is 62.0 Å². The Bertz CT molecular complexity index is 379. The van der Waals surface area contributed by atoms with E-state index >= 15 is 0 Å². The molecule has 2 atom stereocenters. The summed E-state index contributed by atoms with van der Waals surface area (Å²) in [5.41, 5.74) is 7.55. The maximum atomic E-state index is 5.30. The summed E-state index contributed by atoms with van der Waals surface area (Å²) in [7, 11) is 3.25. The van der Waals surface area contributed by atoms with Crippen LogP contribution in [0.3, 0.4) is 0 Å². The summed E-state index contributed by atoms with van der Waals surface area (Å²) in [4.78, 5) is 0. The minimum absolute atomic E-state index is 0.713. The van der Waals surface area contributed by atoms with Crippen LogP contribution in [0.2, 0.25) is 0 Å². The van der Waals surface area contributed by atoms with Gasteiger partial charge in [-0.3, -0.25) is 0 Å². The fourth-order valence-corrected chi connectivity index (χ4v) is 2.98. The molecule has 3 nitrogen and oxygen atoms in total. The first-order valence-corrected chi connectivity index (χ1v) is 7.35. The average Bonchev–Trinajstić information content (AvgIpc) is 2.51. The zero-order valence-electron chi connectivity index (χ0n) is 12.7. The maximum Gasteiger partial charge on any atom is 0.119 e. The van der Waals surface area contributed by atoms with Gasteiger partial charge in [0.2, 0.25) is 0 Å². The molecule has 0 saturated carbocycles. The van der Waals surface area contributed by atoms with Gasteiger partial charge in [0.1, 0.15) is 5.75 Å². The highest BCUT2D eigenvalue weighted by molar-refractivity contribution is 5.40. The molecule has 0 amide bonds. The Morgan fingerprint density at radius 3 is 2.68 bits per heavy atom. The minimum Gasteiger partial charge on any atom is -0.497 e. The van der Waals surface area contributed by atoms with Crippen molar-refractivity contribution in [3.05, 3.63) is 29.3 Å². The topological polar surface area (TPSA) is 47.3 Å². The fraction of sp³-hybridized carbons (Fsp3) is 0.625. The first-order valence-electron chi connectivity index (χ1n) is 7.35. The van der Waals surface area contributed by atoms with Crippen LogP contribution in [0.15, 0.2) is 18.2 Å². The highest BCUT2D eigenvalue weighted by atomic mass is 16.5. The molecule has 1 heterocycles. The number of hydrogen-bond donors (Lipinski definition) is 2. The lowest BCUT2D eigenvalue weighted by Gasteiger charge is -2.37. The standard InChI is InChI=1S/C13H17NO.C2H6.CH5N/c1-15-12-3-2-9-6-11-7-10(4-5-14-11)13(9)8-12;2*1-2/h2-3,8,10-11,14H,4-7H2,1H3;1-2H3;2H2,1H3. The van der Waals surface area contributed by atoms with Crippen LogP contribution in [0.25, 0.3) is 0 Å². The lowest BCUT2D eigenvalue weighted by Crippen LogP contribution is -2.41. The molecule has 2 aliphatic rings. The zero-order valence-corrected chi connectivity index (χ0v) is 12.7. The SMILES string of the molecule is CC.CN.COc1ccc2c(c1)C1CCNC(C2)C1. The molecule has 2 bridgehead atoms. The minimum atomic E-state index is 0.713. The number of piperidine rings is 1. The number of rotatable bonds is 1. The number of hydrogen-bond acceptors (Lipinski definition) is 3. The lowest BCUT2D eigenvalue weighted by molar-refractivity contribution is 0.336. The van der Waals surface area contributed by atoms with Crippen LogP contribution in [0, 0.1) is 0 Å². The average molecular weight is 264 g/mol. The van der Waals surface area contributed by atoms with Crippen LogP contribution in [-0.2, 0) is 6.42 Å². The Morgan fingerprint density at radius 1 is 1.26 bits per heavy atom. The molecule has 1 aliphatic carbocycles. The van der Waals surface area contributed by atoms with Crippen molar-refractivity contribution < 1.29 is 4.74 Å². The van der Waals surface area contributed by atoms with Gasteiger partial charge in [0, 0.05) is 6.04 Å². The smallest absolute Gasteiger partial charge is 0.119 e. The first kappa shape index (κ1) is 16.0. The van der Waals surface area contributed by atoms with Gasteiger partial charge >= 0.3 is 0 Å². The van der Waals surface area contributed by atoms with E-state index in [0.717, 1.165) is 11.7 Å². The van der Waals surface area contributed by atoms with E-state index in [2.05, 4.69) is 29.2 Å². The Balaban J connectivity index is 0.000000415. The van der Waals surface area contributed by atoms with Crippen molar-refractivity contribution in [2.24, 2.45) is 5.73 Å². The van der Waals surface area contributed by atoms with Crippen molar-refractivity contribution in [1.29, 1.82) is 0 Å². The van der Waals surface area contributed by atoms with E-state index in [0.29, 0.717) is 6.04 Å². The predicted molar refractivity (Wildman–Crippen MR) is 81.9 cm³/mol. The van der Waals surface area contributed by atoms with Crippen molar-refractivity contribution >= 4 is 0 Å². The highest BCUT2D eigenvalue weighted by Crippen LogP contribution is 2.37.